The van der Waals surface area contributed by atoms with Crippen molar-refractivity contribution in [1.82, 2.24) is 0 Å². The second-order valence-corrected chi connectivity index (χ2v) is 6.10. The summed E-state index contributed by atoms with van der Waals surface area (Å²) in [7, 11) is 0. The molecule has 2 N–H and O–H groups in total. The van der Waals surface area contributed by atoms with Gasteiger partial charge in [-0.25, -0.2) is 0 Å². The third-order valence-electron chi connectivity index (χ3n) is 3.91. The second kappa shape index (κ2) is 15.8. The van der Waals surface area contributed by atoms with Gasteiger partial charge in [0.2, 0.25) is 0 Å². The Morgan fingerprint density at radius 3 is 1.81 bits per heavy atom. The van der Waals surface area contributed by atoms with E-state index >= 15 is 0 Å². The first-order chi connectivity index (χ1) is 10.2. The molecule has 0 bridgehead atoms. The van der Waals surface area contributed by atoms with Crippen molar-refractivity contribution >= 4 is 5.97 Å². The molecule has 0 saturated carbocycles. The number of unbranched alkanes of at least 4 members (excludes halogenated alkanes) is 10. The summed E-state index contributed by atoms with van der Waals surface area (Å²) in [6.07, 6.45) is 15.7. The third-order valence-corrected chi connectivity index (χ3v) is 3.91. The number of rotatable bonds is 15. The zero-order valence-electron chi connectivity index (χ0n) is 14.4. The molecule has 0 aromatic rings. The largest absolute Gasteiger partial charge is 0.465 e. The van der Waals surface area contributed by atoms with Crippen molar-refractivity contribution in [3.05, 3.63) is 0 Å². The molecule has 0 fully saturated rings. The van der Waals surface area contributed by atoms with E-state index in [0.29, 0.717) is 6.61 Å². The molecule has 0 amide bonds. The average molecular weight is 299 g/mol. The molecule has 0 aromatic heterocycles. The number of esters is 1. The number of hydrogen-bond donors (Lipinski definition) is 1. The van der Waals surface area contributed by atoms with Crippen LogP contribution in [-0.4, -0.2) is 18.6 Å². The van der Waals surface area contributed by atoms with Crippen LogP contribution < -0.4 is 5.73 Å². The number of ether oxygens (including phenoxy) is 1. The van der Waals surface area contributed by atoms with Crippen LogP contribution in [0.2, 0.25) is 0 Å². The van der Waals surface area contributed by atoms with Crippen molar-refractivity contribution in [2.45, 2.75) is 103 Å². The fourth-order valence-corrected chi connectivity index (χ4v) is 2.41. The molecule has 0 saturated heterocycles. The van der Waals surface area contributed by atoms with E-state index in [1.54, 1.807) is 0 Å². The van der Waals surface area contributed by atoms with E-state index in [2.05, 4.69) is 13.8 Å². The Balaban J connectivity index is 3.23. The van der Waals surface area contributed by atoms with E-state index < -0.39 is 6.04 Å². The second-order valence-electron chi connectivity index (χ2n) is 6.10. The summed E-state index contributed by atoms with van der Waals surface area (Å²) < 4.78 is 5.21. The number of hydrogen-bond acceptors (Lipinski definition) is 3. The minimum Gasteiger partial charge on any atom is -0.465 e. The average Bonchev–Trinajstić information content (AvgIpc) is 2.49. The minimum atomic E-state index is -0.423. The smallest absolute Gasteiger partial charge is 0.322 e. The van der Waals surface area contributed by atoms with Gasteiger partial charge in [-0.2, -0.15) is 0 Å². The lowest BCUT2D eigenvalue weighted by Crippen LogP contribution is -2.32. The summed E-state index contributed by atoms with van der Waals surface area (Å²) in [5.74, 6) is -0.223. The molecule has 0 rings (SSSR count). The van der Waals surface area contributed by atoms with Crippen molar-refractivity contribution in [2.24, 2.45) is 5.73 Å². The SMILES string of the molecule is CCCCCCCCCCCCOC(=O)C(N)CCCC. The van der Waals surface area contributed by atoms with Crippen LogP contribution in [0.5, 0.6) is 0 Å². The van der Waals surface area contributed by atoms with Crippen LogP contribution >= 0.6 is 0 Å². The Morgan fingerprint density at radius 2 is 1.29 bits per heavy atom. The van der Waals surface area contributed by atoms with E-state index in [0.717, 1.165) is 32.1 Å². The van der Waals surface area contributed by atoms with Crippen LogP contribution in [0.4, 0.5) is 0 Å². The van der Waals surface area contributed by atoms with Crippen molar-refractivity contribution in [3.63, 3.8) is 0 Å². The molecule has 21 heavy (non-hydrogen) atoms. The monoisotopic (exact) mass is 299 g/mol. The molecule has 0 aliphatic heterocycles. The molecule has 0 radical (unpaired) electrons. The van der Waals surface area contributed by atoms with E-state index in [4.69, 9.17) is 10.5 Å². The summed E-state index contributed by atoms with van der Waals surface area (Å²) in [6.45, 7) is 4.89. The quantitative estimate of drug-likeness (QED) is 0.343. The Labute approximate surface area is 132 Å². The van der Waals surface area contributed by atoms with Crippen molar-refractivity contribution in [2.75, 3.05) is 6.61 Å². The Bertz CT molecular complexity index is 231. The molecule has 3 heteroatoms. The van der Waals surface area contributed by atoms with E-state index in [9.17, 15) is 4.79 Å². The topological polar surface area (TPSA) is 52.3 Å². The zero-order chi connectivity index (χ0) is 15.8. The van der Waals surface area contributed by atoms with Gasteiger partial charge in [-0.3, -0.25) is 4.79 Å². The number of nitrogens with two attached hydrogens (primary N) is 1. The van der Waals surface area contributed by atoms with Crippen LogP contribution in [0, 0.1) is 0 Å². The van der Waals surface area contributed by atoms with Gasteiger partial charge in [-0.15, -0.1) is 0 Å². The van der Waals surface area contributed by atoms with Gasteiger partial charge in [0.15, 0.2) is 0 Å². The van der Waals surface area contributed by atoms with Gasteiger partial charge < -0.3 is 10.5 Å². The van der Waals surface area contributed by atoms with E-state index in [-0.39, 0.29) is 5.97 Å². The van der Waals surface area contributed by atoms with Crippen LogP contribution in [0.1, 0.15) is 97.3 Å². The lowest BCUT2D eigenvalue weighted by atomic mass is 10.1. The molecule has 0 heterocycles. The summed E-state index contributed by atoms with van der Waals surface area (Å²) in [5.41, 5.74) is 5.76. The van der Waals surface area contributed by atoms with Gasteiger partial charge in [0.05, 0.1) is 6.61 Å². The first-order valence-electron chi connectivity index (χ1n) is 9.14. The van der Waals surface area contributed by atoms with Gasteiger partial charge in [0, 0.05) is 0 Å². The van der Waals surface area contributed by atoms with Gasteiger partial charge in [0.25, 0.3) is 0 Å². The highest BCUT2D eigenvalue weighted by Crippen LogP contribution is 2.10. The maximum atomic E-state index is 11.6. The van der Waals surface area contributed by atoms with Crippen LogP contribution in [0.25, 0.3) is 0 Å². The molecule has 0 aliphatic rings. The minimum absolute atomic E-state index is 0.223. The van der Waals surface area contributed by atoms with Gasteiger partial charge in [0.1, 0.15) is 6.04 Å². The molecule has 0 spiro atoms. The predicted octanol–water partition coefficient (Wildman–Crippen LogP) is 4.97. The number of carbonyl (C=O) groups excluding carboxylic acids is 1. The molecule has 0 aliphatic carbocycles. The molecule has 0 aromatic carbocycles. The molecule has 3 nitrogen and oxygen atoms in total. The van der Waals surface area contributed by atoms with Crippen molar-refractivity contribution in [3.8, 4) is 0 Å². The van der Waals surface area contributed by atoms with Gasteiger partial charge >= 0.3 is 5.97 Å². The Morgan fingerprint density at radius 1 is 0.810 bits per heavy atom. The molecule has 1 atom stereocenters. The van der Waals surface area contributed by atoms with Crippen molar-refractivity contribution < 1.29 is 9.53 Å². The summed E-state index contributed by atoms with van der Waals surface area (Å²) in [6, 6.07) is -0.423. The van der Waals surface area contributed by atoms with Crippen LogP contribution in [0.3, 0.4) is 0 Å². The molecule has 1 unspecified atom stereocenters. The summed E-state index contributed by atoms with van der Waals surface area (Å²) >= 11 is 0. The van der Waals surface area contributed by atoms with Gasteiger partial charge in [-0.05, 0) is 12.8 Å². The summed E-state index contributed by atoms with van der Waals surface area (Å²) in [5, 5.41) is 0. The highest BCUT2D eigenvalue weighted by atomic mass is 16.5. The first kappa shape index (κ1) is 20.4. The first-order valence-corrected chi connectivity index (χ1v) is 9.14. The van der Waals surface area contributed by atoms with E-state index in [1.807, 2.05) is 0 Å². The highest BCUT2D eigenvalue weighted by molar-refractivity contribution is 5.75. The maximum absolute atomic E-state index is 11.6. The van der Waals surface area contributed by atoms with Gasteiger partial charge in [-0.1, -0.05) is 84.5 Å². The van der Waals surface area contributed by atoms with Crippen molar-refractivity contribution in [1.29, 1.82) is 0 Å². The van der Waals surface area contributed by atoms with Crippen LogP contribution in [-0.2, 0) is 9.53 Å². The third kappa shape index (κ3) is 14.1. The maximum Gasteiger partial charge on any atom is 0.322 e. The standard InChI is InChI=1S/C18H37NO2/c1-3-5-7-8-9-10-11-12-13-14-16-21-18(20)17(19)15-6-4-2/h17H,3-16,19H2,1-2H3. The van der Waals surface area contributed by atoms with E-state index in [1.165, 1.54) is 51.4 Å². The Hall–Kier alpha value is -0.570. The fourth-order valence-electron chi connectivity index (χ4n) is 2.41. The Kier molecular flexibility index (Phi) is 15.4. The molecular weight excluding hydrogens is 262 g/mol. The lowest BCUT2D eigenvalue weighted by Gasteiger charge is -2.10. The van der Waals surface area contributed by atoms with Crippen LogP contribution in [0.15, 0.2) is 0 Å². The molecular formula is C18H37NO2. The fraction of sp³-hybridized carbons (Fsp3) is 0.944. The highest BCUT2D eigenvalue weighted by Gasteiger charge is 2.13. The zero-order valence-corrected chi connectivity index (χ0v) is 14.4. The molecule has 126 valence electrons. The lowest BCUT2D eigenvalue weighted by molar-refractivity contribution is -0.145. The predicted molar refractivity (Wildman–Crippen MR) is 90.3 cm³/mol. The normalized spacial score (nSPS) is 12.3. The summed E-state index contributed by atoms with van der Waals surface area (Å²) in [4.78, 5) is 11.6. The number of carbonyl (C=O) groups is 1.